The average molecular weight is 496 g/mol. The predicted molar refractivity (Wildman–Crippen MR) is 122 cm³/mol. The van der Waals surface area contributed by atoms with Crippen LogP contribution >= 0.6 is 0 Å². The molecule has 1 aromatic carbocycles. The molecule has 0 spiro atoms. The van der Waals surface area contributed by atoms with E-state index in [0.29, 0.717) is 23.9 Å². The number of carbonyl (C=O) groups excluding carboxylic acids is 2. The van der Waals surface area contributed by atoms with Gasteiger partial charge in [0.25, 0.3) is 0 Å². The van der Waals surface area contributed by atoms with Gasteiger partial charge in [-0.2, -0.15) is 13.2 Å². The molecule has 1 N–H and O–H groups in total. The predicted octanol–water partition coefficient (Wildman–Crippen LogP) is 4.23. The third-order valence-corrected chi connectivity index (χ3v) is 5.19. The van der Waals surface area contributed by atoms with Crippen molar-refractivity contribution >= 4 is 29.4 Å². The Bertz CT molecular complexity index is 1040. The van der Waals surface area contributed by atoms with Crippen LogP contribution in [0.25, 0.3) is 0 Å². The van der Waals surface area contributed by atoms with E-state index in [-0.39, 0.29) is 19.5 Å². The zero-order valence-corrected chi connectivity index (χ0v) is 19.9. The number of anilines is 3. The molecule has 1 amide bonds. The number of ether oxygens (including phenoxy) is 2. The second-order valence-electron chi connectivity index (χ2n) is 8.98. The van der Waals surface area contributed by atoms with Crippen molar-refractivity contribution < 1.29 is 32.2 Å². The zero-order valence-electron chi connectivity index (χ0n) is 19.9. The number of rotatable bonds is 5. The number of hydrogen-bond donors (Lipinski definition) is 1. The normalized spacial score (nSPS) is 16.6. The second-order valence-corrected chi connectivity index (χ2v) is 8.98. The van der Waals surface area contributed by atoms with Crippen LogP contribution in [0.3, 0.4) is 0 Å². The van der Waals surface area contributed by atoms with Crippen molar-refractivity contribution in [3.05, 3.63) is 42.2 Å². The molecule has 1 aromatic heterocycles. The molecule has 1 aliphatic rings. The maximum Gasteiger partial charge on any atom is 0.416 e. The lowest BCUT2D eigenvalue weighted by atomic mass is 10.1. The van der Waals surface area contributed by atoms with Crippen LogP contribution in [0.5, 0.6) is 0 Å². The van der Waals surface area contributed by atoms with E-state index < -0.39 is 35.4 Å². The van der Waals surface area contributed by atoms with Crippen molar-refractivity contribution in [2.75, 3.05) is 37.0 Å². The molecule has 0 radical (unpaired) electrons. The highest BCUT2D eigenvalue weighted by Gasteiger charge is 2.36. The van der Waals surface area contributed by atoms with Gasteiger partial charge in [-0.3, -0.25) is 4.79 Å². The Morgan fingerprint density at radius 2 is 1.74 bits per heavy atom. The summed E-state index contributed by atoms with van der Waals surface area (Å²) in [7, 11) is 1.27. The van der Waals surface area contributed by atoms with Gasteiger partial charge < -0.3 is 24.6 Å². The topological polar surface area (TPSA) is 96.9 Å². The first-order chi connectivity index (χ1) is 16.4. The quantitative estimate of drug-likeness (QED) is 0.616. The minimum absolute atomic E-state index is 0.0474. The van der Waals surface area contributed by atoms with Crippen molar-refractivity contribution in [1.29, 1.82) is 0 Å². The van der Waals surface area contributed by atoms with Crippen LogP contribution in [0, 0.1) is 0 Å². The third-order valence-electron chi connectivity index (χ3n) is 5.19. The van der Waals surface area contributed by atoms with Crippen LogP contribution < -0.4 is 10.2 Å². The molecule has 2 aromatic rings. The summed E-state index contributed by atoms with van der Waals surface area (Å²) in [5.74, 6) is 0.286. The molecule has 9 nitrogen and oxygen atoms in total. The Hall–Kier alpha value is -3.57. The van der Waals surface area contributed by atoms with E-state index in [1.807, 2.05) is 4.90 Å². The number of esters is 1. The van der Waals surface area contributed by atoms with Gasteiger partial charge in [-0.25, -0.2) is 14.8 Å². The number of piperazine rings is 1. The Kier molecular flexibility index (Phi) is 7.71. The summed E-state index contributed by atoms with van der Waals surface area (Å²) in [5, 5.41) is 3.00. The van der Waals surface area contributed by atoms with Gasteiger partial charge in [0.2, 0.25) is 0 Å². The van der Waals surface area contributed by atoms with E-state index >= 15 is 0 Å². The van der Waals surface area contributed by atoms with Crippen LogP contribution in [0.2, 0.25) is 0 Å². The van der Waals surface area contributed by atoms with Crippen LogP contribution in [0.4, 0.5) is 35.3 Å². The number of nitrogens with zero attached hydrogens (tertiary/aromatic N) is 4. The number of halogens is 3. The maximum atomic E-state index is 12.9. The van der Waals surface area contributed by atoms with Gasteiger partial charge in [0, 0.05) is 37.7 Å². The molecule has 190 valence electrons. The molecular weight excluding hydrogens is 467 g/mol. The standard InChI is InChI=1S/C23H28F3N5O4/c1-22(2,3)35-21(33)31-12-11-30(14-17(31)13-18(32)34-4)20-19(27-9-10-28-20)29-16-7-5-15(6-8-16)23(24,25)26/h5-10,17H,11-14H2,1-4H3,(H,27,29). The Balaban J connectivity index is 1.81. The summed E-state index contributed by atoms with van der Waals surface area (Å²) in [6, 6.07) is 4.02. The molecule has 12 heteroatoms. The number of methoxy groups -OCH3 is 1. The summed E-state index contributed by atoms with van der Waals surface area (Å²) in [6.45, 7) is 6.15. The van der Waals surface area contributed by atoms with E-state index in [2.05, 4.69) is 15.3 Å². The molecule has 1 saturated heterocycles. The molecule has 0 aliphatic carbocycles. The number of alkyl halides is 3. The molecule has 3 rings (SSSR count). The molecule has 0 bridgehead atoms. The monoisotopic (exact) mass is 495 g/mol. The summed E-state index contributed by atoms with van der Waals surface area (Å²) in [4.78, 5) is 36.8. The Morgan fingerprint density at radius 1 is 1.09 bits per heavy atom. The van der Waals surface area contributed by atoms with Gasteiger partial charge in [0.05, 0.1) is 25.1 Å². The fourth-order valence-corrected chi connectivity index (χ4v) is 3.59. The molecule has 1 fully saturated rings. The van der Waals surface area contributed by atoms with Gasteiger partial charge >= 0.3 is 18.2 Å². The van der Waals surface area contributed by atoms with Gasteiger partial charge in [-0.1, -0.05) is 0 Å². The van der Waals surface area contributed by atoms with Crippen molar-refractivity contribution in [2.45, 2.75) is 45.0 Å². The lowest BCUT2D eigenvalue weighted by molar-refractivity contribution is -0.142. The maximum absolute atomic E-state index is 12.9. The van der Waals surface area contributed by atoms with E-state index in [1.54, 1.807) is 20.8 Å². The van der Waals surface area contributed by atoms with Crippen molar-refractivity contribution in [1.82, 2.24) is 14.9 Å². The van der Waals surface area contributed by atoms with E-state index in [1.165, 1.54) is 36.5 Å². The fourth-order valence-electron chi connectivity index (χ4n) is 3.59. The van der Waals surface area contributed by atoms with Gasteiger partial charge in [0.1, 0.15) is 5.60 Å². The van der Waals surface area contributed by atoms with Crippen LogP contribution in [-0.2, 0) is 20.4 Å². The smallest absolute Gasteiger partial charge is 0.416 e. The van der Waals surface area contributed by atoms with Gasteiger partial charge in [-0.05, 0) is 45.0 Å². The van der Waals surface area contributed by atoms with E-state index in [9.17, 15) is 22.8 Å². The Labute approximate surface area is 201 Å². The number of carbonyl (C=O) groups is 2. The molecule has 2 heterocycles. The SMILES string of the molecule is COC(=O)CC1CN(c2nccnc2Nc2ccc(C(F)(F)F)cc2)CCN1C(=O)OC(C)(C)C. The number of amides is 1. The van der Waals surface area contributed by atoms with Crippen molar-refractivity contribution in [3.8, 4) is 0 Å². The lowest BCUT2D eigenvalue weighted by Crippen LogP contribution is -2.57. The summed E-state index contributed by atoms with van der Waals surface area (Å²) in [6.07, 6.45) is -2.07. The molecule has 1 unspecified atom stereocenters. The molecular formula is C23H28F3N5O4. The molecule has 0 saturated carbocycles. The zero-order chi connectivity index (χ0) is 25.8. The summed E-state index contributed by atoms with van der Waals surface area (Å²) in [5.41, 5.74) is -1.06. The van der Waals surface area contributed by atoms with Crippen molar-refractivity contribution in [2.24, 2.45) is 0 Å². The van der Waals surface area contributed by atoms with Crippen LogP contribution in [0.1, 0.15) is 32.8 Å². The number of nitrogens with one attached hydrogen (secondary N) is 1. The van der Waals surface area contributed by atoms with Crippen LogP contribution in [0.15, 0.2) is 36.7 Å². The molecule has 35 heavy (non-hydrogen) atoms. The number of benzene rings is 1. The number of hydrogen-bond acceptors (Lipinski definition) is 8. The Morgan fingerprint density at radius 3 is 2.34 bits per heavy atom. The van der Waals surface area contributed by atoms with E-state index in [0.717, 1.165) is 12.1 Å². The highest BCUT2D eigenvalue weighted by molar-refractivity contribution is 5.74. The average Bonchev–Trinajstić information content (AvgIpc) is 2.78. The first-order valence-electron chi connectivity index (χ1n) is 10.9. The second kappa shape index (κ2) is 10.4. The highest BCUT2D eigenvalue weighted by atomic mass is 19.4. The van der Waals surface area contributed by atoms with Crippen LogP contribution in [-0.4, -0.2) is 65.3 Å². The largest absolute Gasteiger partial charge is 0.469 e. The van der Waals surface area contributed by atoms with Gasteiger partial charge in [0.15, 0.2) is 11.6 Å². The summed E-state index contributed by atoms with van der Waals surface area (Å²) < 4.78 is 48.9. The third kappa shape index (κ3) is 6.96. The first kappa shape index (κ1) is 26.0. The van der Waals surface area contributed by atoms with Gasteiger partial charge in [-0.15, -0.1) is 0 Å². The minimum atomic E-state index is -4.43. The van der Waals surface area contributed by atoms with E-state index in [4.69, 9.17) is 9.47 Å². The first-order valence-corrected chi connectivity index (χ1v) is 10.9. The fraction of sp³-hybridized carbons (Fsp3) is 0.478. The van der Waals surface area contributed by atoms with Crippen molar-refractivity contribution in [3.63, 3.8) is 0 Å². The molecule has 1 aliphatic heterocycles. The molecule has 1 atom stereocenters. The summed E-state index contributed by atoms with van der Waals surface area (Å²) >= 11 is 0. The lowest BCUT2D eigenvalue weighted by Gasteiger charge is -2.42. The minimum Gasteiger partial charge on any atom is -0.469 e. The highest BCUT2D eigenvalue weighted by Crippen LogP contribution is 2.32. The number of aromatic nitrogens is 2.